The van der Waals surface area contributed by atoms with Crippen LogP contribution in [0.2, 0.25) is 0 Å². The number of nitrogens with zero attached hydrogens (tertiary/aromatic N) is 2. The van der Waals surface area contributed by atoms with Crippen LogP contribution in [-0.2, 0) is 31.7 Å². The fourth-order valence-electron chi connectivity index (χ4n) is 3.34. The van der Waals surface area contributed by atoms with E-state index in [1.165, 1.54) is 48.7 Å². The molecule has 0 aromatic carbocycles. The normalized spacial score (nSPS) is 14.1. The Morgan fingerprint density at radius 2 is 1.79 bits per heavy atom. The zero-order valence-corrected chi connectivity index (χ0v) is 16.8. The molecule has 150 valence electrons. The molecule has 1 aliphatic carbocycles. The van der Waals surface area contributed by atoms with Gasteiger partial charge in [-0.15, -0.1) is 11.3 Å². The molecule has 28 heavy (non-hydrogen) atoms. The Balaban J connectivity index is 1.75. The predicted octanol–water partition coefficient (Wildman–Crippen LogP) is 1.43. The highest BCUT2D eigenvalue weighted by molar-refractivity contribution is 7.14. The lowest BCUT2D eigenvalue weighted by molar-refractivity contribution is 0.0479. The molecule has 0 bridgehead atoms. The van der Waals surface area contributed by atoms with Gasteiger partial charge < -0.3 is 10.5 Å². The molecule has 0 spiro atoms. The molecule has 9 heteroatoms. The summed E-state index contributed by atoms with van der Waals surface area (Å²) < 4.78 is 6.94. The maximum atomic E-state index is 12.4. The summed E-state index contributed by atoms with van der Waals surface area (Å²) in [5.74, 6) is -1.57. The molecule has 0 aliphatic heterocycles. The minimum atomic E-state index is -0.805. The summed E-state index contributed by atoms with van der Waals surface area (Å²) in [5, 5.41) is 0. The van der Waals surface area contributed by atoms with Gasteiger partial charge in [-0.05, 0) is 37.3 Å². The number of esters is 1. The number of rotatable bonds is 4. The van der Waals surface area contributed by atoms with E-state index < -0.39 is 29.6 Å². The lowest BCUT2D eigenvalue weighted by atomic mass is 10.00. The molecule has 3 rings (SSSR count). The second-order valence-corrected chi connectivity index (χ2v) is 8.08. The average Bonchev–Trinajstić information content (AvgIpc) is 3.05. The molecule has 2 N–H and O–H groups in total. The monoisotopic (exact) mass is 405 g/mol. The molecule has 0 saturated heterocycles. The van der Waals surface area contributed by atoms with Gasteiger partial charge in [0.25, 0.3) is 5.56 Å². The third-order valence-corrected chi connectivity index (χ3v) is 6.24. The molecular formula is C19H23N3O5S. The second kappa shape index (κ2) is 8.14. The Morgan fingerprint density at radius 1 is 1.11 bits per heavy atom. The van der Waals surface area contributed by atoms with Crippen LogP contribution in [0.1, 0.15) is 56.2 Å². The number of nitrogens with two attached hydrogens (primary N) is 1. The van der Waals surface area contributed by atoms with E-state index in [-0.39, 0.29) is 11.4 Å². The van der Waals surface area contributed by atoms with Gasteiger partial charge in [-0.1, -0.05) is 12.8 Å². The number of carbonyl (C=O) groups excluding carboxylic acids is 2. The molecule has 0 fully saturated rings. The van der Waals surface area contributed by atoms with Crippen LogP contribution in [0.25, 0.3) is 0 Å². The summed E-state index contributed by atoms with van der Waals surface area (Å²) in [6.45, 7) is -0.612. The van der Waals surface area contributed by atoms with Crippen molar-refractivity contribution in [2.75, 3.05) is 12.3 Å². The number of aryl methyl sites for hydroxylation is 2. The third-order valence-electron chi connectivity index (χ3n) is 5.02. The van der Waals surface area contributed by atoms with Crippen LogP contribution in [0.15, 0.2) is 15.7 Å². The number of hydrogen-bond donors (Lipinski definition) is 1. The number of hydrogen-bond acceptors (Lipinski definition) is 7. The van der Waals surface area contributed by atoms with Crippen molar-refractivity contribution < 1.29 is 14.3 Å². The summed E-state index contributed by atoms with van der Waals surface area (Å²) >= 11 is 1.40. The van der Waals surface area contributed by atoms with Gasteiger partial charge in [0.15, 0.2) is 6.61 Å². The molecular weight excluding hydrogens is 382 g/mol. The van der Waals surface area contributed by atoms with Gasteiger partial charge >= 0.3 is 11.7 Å². The minimum Gasteiger partial charge on any atom is -0.453 e. The Labute approximate surface area is 165 Å². The quantitative estimate of drug-likeness (QED) is 0.608. The van der Waals surface area contributed by atoms with Crippen molar-refractivity contribution >= 4 is 28.9 Å². The summed E-state index contributed by atoms with van der Waals surface area (Å²) in [4.78, 5) is 50.6. The van der Waals surface area contributed by atoms with E-state index in [1.54, 1.807) is 0 Å². The lowest BCUT2D eigenvalue weighted by Gasteiger charge is -2.10. The molecule has 0 unspecified atom stereocenters. The molecule has 0 atom stereocenters. The molecule has 0 amide bonds. The van der Waals surface area contributed by atoms with Crippen molar-refractivity contribution in [3.05, 3.63) is 47.8 Å². The van der Waals surface area contributed by atoms with Crippen LogP contribution < -0.4 is 17.0 Å². The van der Waals surface area contributed by atoms with E-state index in [0.29, 0.717) is 4.88 Å². The van der Waals surface area contributed by atoms with Gasteiger partial charge in [0, 0.05) is 19.0 Å². The van der Waals surface area contributed by atoms with Crippen LogP contribution in [-0.4, -0.2) is 27.5 Å². The van der Waals surface area contributed by atoms with E-state index in [2.05, 4.69) is 0 Å². The zero-order valence-electron chi connectivity index (χ0n) is 15.9. The van der Waals surface area contributed by atoms with Crippen molar-refractivity contribution in [1.29, 1.82) is 0 Å². The van der Waals surface area contributed by atoms with E-state index >= 15 is 0 Å². The first-order valence-corrected chi connectivity index (χ1v) is 10.00. The largest absolute Gasteiger partial charge is 0.453 e. The van der Waals surface area contributed by atoms with Crippen LogP contribution in [0, 0.1) is 0 Å². The first kappa shape index (κ1) is 20.1. The fraction of sp³-hybridized carbons (Fsp3) is 0.474. The second-order valence-electron chi connectivity index (χ2n) is 6.94. The Morgan fingerprint density at radius 3 is 2.50 bits per heavy atom. The first-order valence-electron chi connectivity index (χ1n) is 9.18. The zero-order chi connectivity index (χ0) is 20.4. The van der Waals surface area contributed by atoms with Crippen LogP contribution in [0.3, 0.4) is 0 Å². The van der Waals surface area contributed by atoms with Crippen molar-refractivity contribution in [2.24, 2.45) is 14.1 Å². The highest BCUT2D eigenvalue weighted by atomic mass is 32.1. The third kappa shape index (κ3) is 3.80. The highest BCUT2D eigenvalue weighted by Crippen LogP contribution is 2.29. The molecule has 0 radical (unpaired) electrons. The number of aromatic nitrogens is 2. The number of ketones is 1. The lowest BCUT2D eigenvalue weighted by Crippen LogP contribution is -2.42. The van der Waals surface area contributed by atoms with Crippen molar-refractivity contribution in [3.8, 4) is 0 Å². The van der Waals surface area contributed by atoms with Crippen LogP contribution >= 0.6 is 11.3 Å². The Bertz CT molecular complexity index is 1020. The van der Waals surface area contributed by atoms with E-state index in [4.69, 9.17) is 10.5 Å². The topological polar surface area (TPSA) is 113 Å². The number of ether oxygens (including phenoxy) is 1. The Hall–Kier alpha value is -2.68. The summed E-state index contributed by atoms with van der Waals surface area (Å²) in [5.41, 5.74) is 5.15. The molecule has 2 heterocycles. The van der Waals surface area contributed by atoms with Gasteiger partial charge in [0.2, 0.25) is 5.78 Å². The number of fused-ring (bicyclic) bond motifs is 1. The Kier molecular flexibility index (Phi) is 5.83. The number of anilines is 1. The minimum absolute atomic E-state index is 0.242. The van der Waals surface area contributed by atoms with E-state index in [0.717, 1.165) is 34.8 Å². The standard InChI is InChI=1S/C19H23N3O5S/c1-21-16(20)15(17(24)22(2)19(21)26)12(23)10-27-18(25)14-9-11-7-5-3-4-6-8-13(11)28-14/h9H,3-8,10,20H2,1-2H3. The average molecular weight is 405 g/mol. The van der Waals surface area contributed by atoms with Crippen molar-refractivity contribution in [2.45, 2.75) is 38.5 Å². The maximum absolute atomic E-state index is 12.4. The van der Waals surface area contributed by atoms with Crippen molar-refractivity contribution in [3.63, 3.8) is 0 Å². The van der Waals surface area contributed by atoms with E-state index in [1.807, 2.05) is 6.07 Å². The summed E-state index contributed by atoms with van der Waals surface area (Å²) in [6, 6.07) is 1.84. The van der Waals surface area contributed by atoms with Crippen LogP contribution in [0.4, 0.5) is 5.82 Å². The van der Waals surface area contributed by atoms with Gasteiger partial charge in [-0.25, -0.2) is 9.59 Å². The molecule has 2 aromatic heterocycles. The number of carbonyl (C=O) groups is 2. The van der Waals surface area contributed by atoms with Gasteiger partial charge in [0.1, 0.15) is 16.3 Å². The fourth-order valence-corrected chi connectivity index (χ4v) is 4.49. The predicted molar refractivity (Wildman–Crippen MR) is 106 cm³/mol. The van der Waals surface area contributed by atoms with Gasteiger partial charge in [-0.2, -0.15) is 0 Å². The highest BCUT2D eigenvalue weighted by Gasteiger charge is 2.23. The molecule has 8 nitrogen and oxygen atoms in total. The van der Waals surface area contributed by atoms with Gasteiger partial charge in [0.05, 0.1) is 0 Å². The van der Waals surface area contributed by atoms with Crippen molar-refractivity contribution in [1.82, 2.24) is 9.13 Å². The number of thiophene rings is 1. The SMILES string of the molecule is Cn1c(N)c(C(=O)COC(=O)c2cc3c(s2)CCCCCC3)c(=O)n(C)c1=O. The molecule has 0 saturated carbocycles. The van der Waals surface area contributed by atoms with Crippen LogP contribution in [0.5, 0.6) is 0 Å². The number of nitrogen functional groups attached to an aromatic ring is 1. The maximum Gasteiger partial charge on any atom is 0.348 e. The summed E-state index contributed by atoms with van der Waals surface area (Å²) in [6.07, 6.45) is 6.50. The number of Topliss-reactive ketones (excluding diaryl/α,β-unsaturated/α-hetero) is 1. The molecule has 2 aromatic rings. The molecule has 1 aliphatic rings. The van der Waals surface area contributed by atoms with E-state index in [9.17, 15) is 19.2 Å². The van der Waals surface area contributed by atoms with Gasteiger partial charge in [-0.3, -0.25) is 18.7 Å². The summed E-state index contributed by atoms with van der Waals surface area (Å²) in [7, 11) is 2.62. The first-order chi connectivity index (χ1) is 13.3. The smallest absolute Gasteiger partial charge is 0.348 e.